The van der Waals surface area contributed by atoms with Crippen LogP contribution in [0.25, 0.3) is 16.6 Å². The lowest BCUT2D eigenvalue weighted by Crippen LogP contribution is -2.47. The van der Waals surface area contributed by atoms with E-state index in [0.717, 1.165) is 46.3 Å². The van der Waals surface area contributed by atoms with Crippen LogP contribution in [0.4, 0.5) is 4.39 Å². The molecular weight excluding hydrogens is 651 g/mol. The van der Waals surface area contributed by atoms with Gasteiger partial charge in [-0.25, -0.2) is 14.2 Å². The summed E-state index contributed by atoms with van der Waals surface area (Å²) in [7, 11) is 0. The summed E-state index contributed by atoms with van der Waals surface area (Å²) in [5, 5.41) is 12.2. The third-order valence-electron chi connectivity index (χ3n) is 7.63. The maximum Gasteiger partial charge on any atom is 0.343 e. The highest BCUT2D eigenvalue weighted by Crippen LogP contribution is 2.50. The van der Waals surface area contributed by atoms with Crippen LogP contribution >= 0.6 is 45.7 Å². The molecule has 0 saturated heterocycles. The van der Waals surface area contributed by atoms with E-state index < -0.39 is 11.6 Å². The van der Waals surface area contributed by atoms with Crippen LogP contribution in [0.3, 0.4) is 0 Å². The van der Waals surface area contributed by atoms with Crippen LogP contribution in [0.2, 0.25) is 0 Å². The highest BCUT2D eigenvalue weighted by molar-refractivity contribution is 14.2. The zero-order valence-corrected chi connectivity index (χ0v) is 22.5. The molecule has 0 fully saturated rings. The van der Waals surface area contributed by atoms with Gasteiger partial charge in [-0.2, -0.15) is 1.33 Å². The van der Waals surface area contributed by atoms with Crippen molar-refractivity contribution < 1.29 is 19.0 Å². The van der Waals surface area contributed by atoms with E-state index in [1.807, 2.05) is 13.0 Å². The average molecular weight is 673 g/mol. The van der Waals surface area contributed by atoms with Crippen LogP contribution in [-0.4, -0.2) is 41.0 Å². The lowest BCUT2D eigenvalue weighted by atomic mass is 9.82. The number of pyridine rings is 1. The van der Waals surface area contributed by atoms with Crippen molar-refractivity contribution in [1.29, 1.82) is 0 Å². The van der Waals surface area contributed by atoms with E-state index in [9.17, 15) is 14.3 Å². The molecule has 3 aliphatic heterocycles. The lowest BCUT2D eigenvalue weighted by Gasteiger charge is -2.37. The van der Waals surface area contributed by atoms with Gasteiger partial charge in [-0.05, 0) is 54.5 Å². The van der Waals surface area contributed by atoms with Crippen molar-refractivity contribution in [3.8, 4) is 0 Å². The lowest BCUT2D eigenvalue weighted by molar-refractivity contribution is -0.163. The smallest absolute Gasteiger partial charge is 0.343 e. The van der Waals surface area contributed by atoms with Gasteiger partial charge >= 0.3 is 5.97 Å². The average Bonchev–Trinajstić information content (AvgIpc) is 3.16. The Labute approximate surface area is 218 Å². The van der Waals surface area contributed by atoms with Gasteiger partial charge in [0.05, 0.1) is 22.9 Å². The molecule has 0 amide bonds. The molecule has 4 aliphatic rings. The largest absolute Gasteiger partial charge is 0.459 e. The number of hydrogen-bond acceptors (Lipinski definition) is 6. The summed E-state index contributed by atoms with van der Waals surface area (Å²) < 4.78 is 22.3. The maximum atomic E-state index is 14.8. The number of hydrogen-bond donors (Lipinski definition) is 1. The van der Waals surface area contributed by atoms with Crippen molar-refractivity contribution in [2.45, 2.75) is 51.3 Å². The number of aromatic nitrogens is 1. The molecule has 0 bridgehead atoms. The predicted molar refractivity (Wildman–Crippen MR) is 139 cm³/mol. The third kappa shape index (κ3) is 3.00. The minimum absolute atomic E-state index is 0.196. The van der Waals surface area contributed by atoms with Crippen molar-refractivity contribution in [3.63, 3.8) is 0 Å². The molecule has 1 aromatic heterocycles. The van der Waals surface area contributed by atoms with Gasteiger partial charge in [0, 0.05) is 81.4 Å². The molecule has 9 heteroatoms. The first kappa shape index (κ1) is 22.2. The van der Waals surface area contributed by atoms with Crippen LogP contribution in [0.15, 0.2) is 23.3 Å². The fourth-order valence-corrected chi connectivity index (χ4v) is 6.96. The van der Waals surface area contributed by atoms with E-state index in [1.165, 1.54) is 5.56 Å². The number of ether oxygens (including phenoxy) is 1. The summed E-state index contributed by atoms with van der Waals surface area (Å²) in [6.45, 7) is 5.11. The number of carbonyl (C=O) groups excluding carboxylic acids is 1. The van der Waals surface area contributed by atoms with Crippen molar-refractivity contribution >= 4 is 68.3 Å². The summed E-state index contributed by atoms with van der Waals surface area (Å²) in [5.74, 6) is -0.815. The van der Waals surface area contributed by atoms with Crippen LogP contribution in [0, 0.1) is 12.7 Å². The van der Waals surface area contributed by atoms with Crippen LogP contribution in [0.1, 0.15) is 53.8 Å². The van der Waals surface area contributed by atoms with Gasteiger partial charge in [-0.15, -0.1) is 0 Å². The normalized spacial score (nSPS) is 25.8. The van der Waals surface area contributed by atoms with Gasteiger partial charge in [0.25, 0.3) is 0 Å². The fraction of sp³-hybridized carbons (Fsp3) is 0.417. The zero-order valence-electron chi connectivity index (χ0n) is 18.2. The molecule has 1 aliphatic carbocycles. The quantitative estimate of drug-likeness (QED) is 0.280. The minimum atomic E-state index is -1.64. The number of fused-ring (bicyclic) bond motifs is 4. The Morgan fingerprint density at radius 1 is 1.36 bits per heavy atom. The molecule has 2 atom stereocenters. The fourth-order valence-electron chi connectivity index (χ4n) is 5.85. The highest BCUT2D eigenvalue weighted by Gasteiger charge is 2.47. The number of aliphatic hydroxyl groups is 1. The van der Waals surface area contributed by atoms with Crippen molar-refractivity contribution in [2.24, 2.45) is 0 Å². The number of cyclic esters (lactones) is 1. The first-order valence-electron chi connectivity index (χ1n) is 11.1. The highest BCUT2D eigenvalue weighted by atomic mass is 127. The molecule has 1 N–H and O–H groups in total. The molecule has 0 radical (unpaired) electrons. The number of halogens is 3. The molecule has 1 aromatic carbocycles. The van der Waals surface area contributed by atoms with Gasteiger partial charge in [-0.1, -0.05) is 6.92 Å². The van der Waals surface area contributed by atoms with E-state index in [-0.39, 0.29) is 24.9 Å². The van der Waals surface area contributed by atoms with Crippen LogP contribution < -0.4 is 0 Å². The van der Waals surface area contributed by atoms with E-state index in [4.69, 9.17) is 9.72 Å². The molecule has 172 valence electrons. The molecule has 2 aromatic rings. The predicted octanol–water partition coefficient (Wildman–Crippen LogP) is 4.84. The molecule has 0 saturated carbocycles. The van der Waals surface area contributed by atoms with E-state index in [1.54, 1.807) is 13.0 Å². The van der Waals surface area contributed by atoms with Crippen LogP contribution in [-0.2, 0) is 22.5 Å². The number of nitrogens with zero attached hydrogens (tertiary/aromatic N) is 3. The maximum absolute atomic E-state index is 14.8. The monoisotopic (exact) mass is 673 g/mol. The Balaban J connectivity index is 1.62. The zero-order chi connectivity index (χ0) is 23.2. The van der Waals surface area contributed by atoms with Gasteiger partial charge in [0.15, 0.2) is 5.60 Å². The summed E-state index contributed by atoms with van der Waals surface area (Å²) in [6.07, 6.45) is 3.90. The Hall–Kier alpha value is -1.31. The van der Waals surface area contributed by atoms with Crippen molar-refractivity contribution in [1.82, 2.24) is 11.2 Å². The minimum Gasteiger partial charge on any atom is -0.459 e. The Kier molecular flexibility index (Phi) is 5.10. The van der Waals surface area contributed by atoms with E-state index >= 15 is 0 Å². The molecule has 0 unspecified atom stereocenters. The van der Waals surface area contributed by atoms with Gasteiger partial charge in [-0.3, -0.25) is 0 Å². The second-order valence-electron chi connectivity index (χ2n) is 9.22. The number of carbonyl (C=O) groups is 1. The van der Waals surface area contributed by atoms with Crippen LogP contribution in [0.5, 0.6) is 0 Å². The standard InChI is InChI=1S/C24H22FI2N3O3/c1-3-24(32)15-6-19-22-14(9-29(19)8-12(15)10-33-23(24)31)21-18(30(26)27)5-4-13-11(2)16(25)7-17(28-22)20(13)21/h6-7,18,32H,3-5,8-10H2,1-2H3/t18-,24-/m0/s1. The molecule has 0 spiro atoms. The SMILES string of the molecule is CC[C@@]1(O)C(=O)OCC2=C1C=C1c3nc4cc(F)c(C)c5c4c(c3CN1C2)[C@@H](N(I)I)CC5. The van der Waals surface area contributed by atoms with Gasteiger partial charge < -0.3 is 14.7 Å². The van der Waals surface area contributed by atoms with E-state index in [0.29, 0.717) is 29.7 Å². The Morgan fingerprint density at radius 2 is 2.15 bits per heavy atom. The number of aryl methyl sites for hydroxylation is 1. The molecular formula is C24H22FI2N3O3. The number of rotatable bonds is 2. The Bertz CT molecular complexity index is 1320. The first-order valence-corrected chi connectivity index (χ1v) is 13.0. The topological polar surface area (TPSA) is 65.9 Å². The first-order chi connectivity index (χ1) is 15.7. The van der Waals surface area contributed by atoms with Crippen molar-refractivity contribution in [3.05, 3.63) is 57.1 Å². The van der Waals surface area contributed by atoms with Gasteiger partial charge in [0.1, 0.15) is 12.4 Å². The summed E-state index contributed by atoms with van der Waals surface area (Å²) in [6, 6.07) is 1.76. The number of esters is 1. The molecule has 6 rings (SSSR count). The Morgan fingerprint density at radius 3 is 2.88 bits per heavy atom. The van der Waals surface area contributed by atoms with E-state index in [2.05, 4.69) is 52.0 Å². The summed E-state index contributed by atoms with van der Waals surface area (Å²) >= 11 is 4.66. The molecule has 4 heterocycles. The second-order valence-corrected chi connectivity index (χ2v) is 13.1. The molecule has 33 heavy (non-hydrogen) atoms. The second kappa shape index (κ2) is 7.59. The summed E-state index contributed by atoms with van der Waals surface area (Å²) in [4.78, 5) is 19.6. The number of benzene rings is 1. The van der Waals surface area contributed by atoms with Crippen molar-refractivity contribution in [2.75, 3.05) is 13.2 Å². The third-order valence-corrected chi connectivity index (χ3v) is 8.97. The summed E-state index contributed by atoms with van der Waals surface area (Å²) in [5.41, 5.74) is 6.50. The molecule has 6 nitrogen and oxygen atoms in total. The van der Waals surface area contributed by atoms with Gasteiger partial charge in [0.2, 0.25) is 0 Å².